The van der Waals surface area contributed by atoms with Crippen LogP contribution >= 0.6 is 0 Å². The van der Waals surface area contributed by atoms with E-state index in [1.807, 2.05) is 28.9 Å². The van der Waals surface area contributed by atoms with E-state index in [-0.39, 0.29) is 0 Å². The molecular formula is C13H12N4. The highest BCUT2D eigenvalue weighted by Crippen LogP contribution is 2.23. The van der Waals surface area contributed by atoms with Crippen molar-refractivity contribution in [3.8, 4) is 11.3 Å². The van der Waals surface area contributed by atoms with Crippen molar-refractivity contribution in [2.24, 2.45) is 0 Å². The molecule has 0 aliphatic rings. The molecule has 0 aliphatic heterocycles. The van der Waals surface area contributed by atoms with Gasteiger partial charge < -0.3 is 5.73 Å². The van der Waals surface area contributed by atoms with Crippen LogP contribution in [0.5, 0.6) is 0 Å². The van der Waals surface area contributed by atoms with Gasteiger partial charge in [-0.25, -0.2) is 9.97 Å². The van der Waals surface area contributed by atoms with E-state index in [9.17, 15) is 0 Å². The van der Waals surface area contributed by atoms with E-state index < -0.39 is 0 Å². The molecule has 0 fully saturated rings. The summed E-state index contributed by atoms with van der Waals surface area (Å²) >= 11 is 0. The number of rotatable bonds is 1. The Bertz CT molecular complexity index is 685. The van der Waals surface area contributed by atoms with Crippen LogP contribution in [0.2, 0.25) is 0 Å². The van der Waals surface area contributed by atoms with Gasteiger partial charge in [0.25, 0.3) is 0 Å². The summed E-state index contributed by atoms with van der Waals surface area (Å²) in [6, 6.07) is 8.19. The van der Waals surface area contributed by atoms with Gasteiger partial charge in [-0.3, -0.25) is 4.40 Å². The van der Waals surface area contributed by atoms with Gasteiger partial charge in [-0.05, 0) is 12.5 Å². The fraction of sp³-hybridized carbons (Fsp3) is 0.0769. The standard InChI is InChI=1S/C13H12N4/c1-9-4-2-3-5-11(9)12-7-16-13-15-6-10(14)8-17(12)13/h2-8H,14H2,1H3. The highest BCUT2D eigenvalue weighted by atomic mass is 15.1. The lowest BCUT2D eigenvalue weighted by Gasteiger charge is -2.05. The second-order valence-electron chi connectivity index (χ2n) is 4.02. The van der Waals surface area contributed by atoms with E-state index in [0.29, 0.717) is 11.5 Å². The van der Waals surface area contributed by atoms with Gasteiger partial charge in [0.2, 0.25) is 5.78 Å². The zero-order valence-electron chi connectivity index (χ0n) is 9.46. The van der Waals surface area contributed by atoms with Gasteiger partial charge in [0.1, 0.15) is 0 Å². The molecule has 0 atom stereocenters. The number of benzene rings is 1. The topological polar surface area (TPSA) is 56.2 Å². The second-order valence-corrected chi connectivity index (χ2v) is 4.02. The van der Waals surface area contributed by atoms with Gasteiger partial charge in [-0.1, -0.05) is 24.3 Å². The molecule has 0 saturated heterocycles. The highest BCUT2D eigenvalue weighted by Gasteiger charge is 2.08. The largest absolute Gasteiger partial charge is 0.396 e. The number of hydrogen-bond acceptors (Lipinski definition) is 3. The molecule has 0 saturated carbocycles. The first-order valence-electron chi connectivity index (χ1n) is 5.40. The average Bonchev–Trinajstić information content (AvgIpc) is 2.72. The summed E-state index contributed by atoms with van der Waals surface area (Å²) in [6.45, 7) is 2.08. The van der Waals surface area contributed by atoms with Gasteiger partial charge in [0, 0.05) is 11.8 Å². The zero-order valence-corrected chi connectivity index (χ0v) is 9.46. The fourth-order valence-corrected chi connectivity index (χ4v) is 1.95. The summed E-state index contributed by atoms with van der Waals surface area (Å²) in [5, 5.41) is 0. The number of nitrogens with zero attached hydrogens (tertiary/aromatic N) is 3. The number of fused-ring (bicyclic) bond motifs is 1. The number of hydrogen-bond donors (Lipinski definition) is 1. The molecule has 4 heteroatoms. The summed E-state index contributed by atoms with van der Waals surface area (Å²) in [6.07, 6.45) is 5.28. The van der Waals surface area contributed by atoms with Crippen molar-refractivity contribution in [3.63, 3.8) is 0 Å². The van der Waals surface area contributed by atoms with Crippen molar-refractivity contribution in [1.29, 1.82) is 0 Å². The Morgan fingerprint density at radius 3 is 2.71 bits per heavy atom. The number of aryl methyl sites for hydroxylation is 1. The minimum Gasteiger partial charge on any atom is -0.396 e. The molecule has 0 radical (unpaired) electrons. The highest BCUT2D eigenvalue weighted by molar-refractivity contribution is 5.66. The Kier molecular flexibility index (Phi) is 2.08. The molecule has 3 rings (SSSR count). The fourth-order valence-electron chi connectivity index (χ4n) is 1.95. The van der Waals surface area contributed by atoms with Gasteiger partial charge in [-0.15, -0.1) is 0 Å². The first kappa shape index (κ1) is 9.84. The lowest BCUT2D eigenvalue weighted by atomic mass is 10.1. The second kappa shape index (κ2) is 3.59. The molecule has 4 nitrogen and oxygen atoms in total. The first-order chi connectivity index (χ1) is 8.25. The van der Waals surface area contributed by atoms with Crippen molar-refractivity contribution in [2.45, 2.75) is 6.92 Å². The summed E-state index contributed by atoms with van der Waals surface area (Å²) in [7, 11) is 0. The van der Waals surface area contributed by atoms with E-state index in [1.165, 1.54) is 5.56 Å². The quantitative estimate of drug-likeness (QED) is 0.690. The lowest BCUT2D eigenvalue weighted by molar-refractivity contribution is 1.11. The van der Waals surface area contributed by atoms with Gasteiger partial charge in [-0.2, -0.15) is 0 Å². The van der Waals surface area contributed by atoms with Crippen LogP contribution in [0.1, 0.15) is 5.56 Å². The summed E-state index contributed by atoms with van der Waals surface area (Å²) in [5.41, 5.74) is 9.75. The van der Waals surface area contributed by atoms with Crippen molar-refractivity contribution >= 4 is 11.5 Å². The third-order valence-electron chi connectivity index (χ3n) is 2.81. The molecule has 2 N–H and O–H groups in total. The molecule has 0 aliphatic carbocycles. The van der Waals surface area contributed by atoms with Crippen LogP contribution in [-0.2, 0) is 0 Å². The van der Waals surface area contributed by atoms with Crippen LogP contribution in [-0.4, -0.2) is 14.4 Å². The van der Waals surface area contributed by atoms with Gasteiger partial charge in [0.05, 0.1) is 23.8 Å². The predicted molar refractivity (Wildman–Crippen MR) is 67.6 cm³/mol. The van der Waals surface area contributed by atoms with E-state index in [2.05, 4.69) is 29.0 Å². The number of aromatic nitrogens is 3. The van der Waals surface area contributed by atoms with Crippen molar-refractivity contribution in [1.82, 2.24) is 14.4 Å². The number of anilines is 1. The molecule has 1 aromatic carbocycles. The van der Waals surface area contributed by atoms with E-state index in [0.717, 1.165) is 11.3 Å². The van der Waals surface area contributed by atoms with E-state index in [4.69, 9.17) is 5.73 Å². The zero-order chi connectivity index (χ0) is 11.8. The number of nitrogen functional groups attached to an aromatic ring is 1. The Balaban J connectivity index is 2.31. The summed E-state index contributed by atoms with van der Waals surface area (Å²) in [5.74, 6) is 0.664. The number of imidazole rings is 1. The average molecular weight is 224 g/mol. The molecule has 0 amide bonds. The monoisotopic (exact) mass is 224 g/mol. The van der Waals surface area contributed by atoms with Crippen LogP contribution in [0.4, 0.5) is 5.69 Å². The smallest absolute Gasteiger partial charge is 0.234 e. The van der Waals surface area contributed by atoms with Gasteiger partial charge in [0.15, 0.2) is 0 Å². The summed E-state index contributed by atoms with van der Waals surface area (Å²) < 4.78 is 1.91. The minimum absolute atomic E-state index is 0.630. The van der Waals surface area contributed by atoms with Crippen molar-refractivity contribution < 1.29 is 0 Å². The Morgan fingerprint density at radius 1 is 1.12 bits per heavy atom. The van der Waals surface area contributed by atoms with Crippen LogP contribution < -0.4 is 5.73 Å². The Labute approximate surface area is 98.8 Å². The molecule has 0 bridgehead atoms. The normalized spacial score (nSPS) is 10.9. The molecule has 2 heterocycles. The number of nitrogens with two attached hydrogens (primary N) is 1. The third-order valence-corrected chi connectivity index (χ3v) is 2.81. The predicted octanol–water partition coefficient (Wildman–Crippen LogP) is 2.29. The summed E-state index contributed by atoms with van der Waals surface area (Å²) in [4.78, 5) is 8.46. The van der Waals surface area contributed by atoms with Crippen LogP contribution in [0.25, 0.3) is 17.0 Å². The molecule has 0 unspecified atom stereocenters. The Hall–Kier alpha value is -2.36. The van der Waals surface area contributed by atoms with Gasteiger partial charge >= 0.3 is 0 Å². The molecule has 84 valence electrons. The van der Waals surface area contributed by atoms with Crippen molar-refractivity contribution in [3.05, 3.63) is 48.4 Å². The Morgan fingerprint density at radius 2 is 1.88 bits per heavy atom. The van der Waals surface area contributed by atoms with E-state index in [1.54, 1.807) is 6.20 Å². The maximum atomic E-state index is 5.76. The molecule has 17 heavy (non-hydrogen) atoms. The maximum absolute atomic E-state index is 5.76. The van der Waals surface area contributed by atoms with E-state index >= 15 is 0 Å². The first-order valence-corrected chi connectivity index (χ1v) is 5.40. The van der Waals surface area contributed by atoms with Crippen LogP contribution in [0.3, 0.4) is 0 Å². The van der Waals surface area contributed by atoms with Crippen molar-refractivity contribution in [2.75, 3.05) is 5.73 Å². The maximum Gasteiger partial charge on any atom is 0.234 e. The molecular weight excluding hydrogens is 212 g/mol. The van der Waals surface area contributed by atoms with Crippen LogP contribution in [0, 0.1) is 6.92 Å². The SMILES string of the molecule is Cc1ccccc1-c1cnc2ncc(N)cn12. The molecule has 2 aromatic heterocycles. The third kappa shape index (κ3) is 1.54. The lowest BCUT2D eigenvalue weighted by Crippen LogP contribution is -1.95. The molecule has 0 spiro atoms. The minimum atomic E-state index is 0.630. The molecule has 3 aromatic rings. The van der Waals surface area contributed by atoms with Crippen LogP contribution in [0.15, 0.2) is 42.9 Å².